The lowest BCUT2D eigenvalue weighted by Gasteiger charge is -2.25. The molecule has 1 saturated heterocycles. The van der Waals surface area contributed by atoms with Crippen LogP contribution in [0.25, 0.3) is 0 Å². The molecule has 0 bridgehead atoms. The summed E-state index contributed by atoms with van der Waals surface area (Å²) in [5, 5.41) is 3.65. The second-order valence-corrected chi connectivity index (χ2v) is 5.91. The van der Waals surface area contributed by atoms with Crippen LogP contribution in [0.3, 0.4) is 0 Å². The molecule has 0 aromatic rings. The zero-order valence-electron chi connectivity index (χ0n) is 12.2. The lowest BCUT2D eigenvalue weighted by Crippen LogP contribution is -2.42. The van der Waals surface area contributed by atoms with Gasteiger partial charge in [-0.2, -0.15) is 0 Å². The Balaban J connectivity index is 1.59. The van der Waals surface area contributed by atoms with Crippen molar-refractivity contribution in [2.75, 3.05) is 26.2 Å². The fourth-order valence-electron chi connectivity index (χ4n) is 2.84. The Morgan fingerprint density at radius 3 is 2.72 bits per heavy atom. The summed E-state index contributed by atoms with van der Waals surface area (Å²) in [5.74, 6) is 0. The maximum Gasteiger partial charge on any atom is 0.0726 e. The number of unbranched alkanes of at least 4 members (excludes halogenated alkanes) is 1. The number of nitrogens with zero attached hydrogens (tertiary/aromatic N) is 1. The van der Waals surface area contributed by atoms with Crippen molar-refractivity contribution < 1.29 is 4.74 Å². The molecule has 0 amide bonds. The van der Waals surface area contributed by atoms with Crippen LogP contribution >= 0.6 is 0 Å². The second kappa shape index (κ2) is 7.46. The van der Waals surface area contributed by atoms with Crippen LogP contribution in [0.5, 0.6) is 0 Å². The van der Waals surface area contributed by atoms with Crippen LogP contribution in [0.15, 0.2) is 0 Å². The summed E-state index contributed by atoms with van der Waals surface area (Å²) >= 11 is 0. The fourth-order valence-corrected chi connectivity index (χ4v) is 2.84. The van der Waals surface area contributed by atoms with E-state index in [2.05, 4.69) is 24.1 Å². The first kappa shape index (κ1) is 14.3. The molecule has 2 atom stereocenters. The number of ether oxygens (including phenoxy) is 1. The third-order valence-corrected chi connectivity index (χ3v) is 4.25. The lowest BCUT2D eigenvalue weighted by molar-refractivity contribution is 0.0825. The van der Waals surface area contributed by atoms with Crippen LogP contribution in [0.4, 0.5) is 0 Å². The average molecular weight is 254 g/mol. The molecule has 2 fully saturated rings. The van der Waals surface area contributed by atoms with Crippen molar-refractivity contribution in [3.05, 3.63) is 0 Å². The Morgan fingerprint density at radius 2 is 2.11 bits per heavy atom. The van der Waals surface area contributed by atoms with Gasteiger partial charge in [0, 0.05) is 31.8 Å². The molecule has 2 rings (SSSR count). The first-order valence-corrected chi connectivity index (χ1v) is 7.90. The molecular weight excluding hydrogens is 224 g/mol. The summed E-state index contributed by atoms with van der Waals surface area (Å²) in [6, 6.07) is 1.41. The highest BCUT2D eigenvalue weighted by atomic mass is 16.5. The SMILES string of the molecule is CCCCN(CCNC(C)C1CCCO1)C1CC1. The smallest absolute Gasteiger partial charge is 0.0726 e. The van der Waals surface area contributed by atoms with Gasteiger partial charge in [-0.05, 0) is 45.6 Å². The Labute approximate surface area is 112 Å². The van der Waals surface area contributed by atoms with Gasteiger partial charge in [0.1, 0.15) is 0 Å². The molecule has 0 radical (unpaired) electrons. The maximum atomic E-state index is 5.72. The number of hydrogen-bond donors (Lipinski definition) is 1. The first-order valence-electron chi connectivity index (χ1n) is 7.90. The largest absolute Gasteiger partial charge is 0.377 e. The molecule has 18 heavy (non-hydrogen) atoms. The number of hydrogen-bond acceptors (Lipinski definition) is 3. The summed E-state index contributed by atoms with van der Waals surface area (Å²) in [4.78, 5) is 2.68. The molecule has 0 aromatic heterocycles. The van der Waals surface area contributed by atoms with Crippen LogP contribution in [-0.4, -0.2) is 49.3 Å². The van der Waals surface area contributed by atoms with E-state index >= 15 is 0 Å². The Kier molecular flexibility index (Phi) is 5.93. The number of nitrogens with one attached hydrogen (secondary N) is 1. The van der Waals surface area contributed by atoms with Gasteiger partial charge in [0.15, 0.2) is 0 Å². The average Bonchev–Trinajstić information content (AvgIpc) is 3.07. The third-order valence-electron chi connectivity index (χ3n) is 4.25. The van der Waals surface area contributed by atoms with Gasteiger partial charge < -0.3 is 10.1 Å². The minimum absolute atomic E-state index is 0.454. The maximum absolute atomic E-state index is 5.72. The summed E-state index contributed by atoms with van der Waals surface area (Å²) in [6.07, 6.45) is 8.42. The van der Waals surface area contributed by atoms with Crippen molar-refractivity contribution in [3.8, 4) is 0 Å². The molecule has 1 aliphatic heterocycles. The zero-order valence-corrected chi connectivity index (χ0v) is 12.2. The van der Waals surface area contributed by atoms with Crippen molar-refractivity contribution in [3.63, 3.8) is 0 Å². The Morgan fingerprint density at radius 1 is 1.28 bits per heavy atom. The first-order chi connectivity index (χ1) is 8.81. The quantitative estimate of drug-likeness (QED) is 0.684. The van der Waals surface area contributed by atoms with Crippen molar-refractivity contribution in [1.29, 1.82) is 0 Å². The fraction of sp³-hybridized carbons (Fsp3) is 1.00. The molecular formula is C15H30N2O. The minimum atomic E-state index is 0.454. The molecule has 106 valence electrons. The van der Waals surface area contributed by atoms with Crippen molar-refractivity contribution >= 4 is 0 Å². The van der Waals surface area contributed by atoms with Crippen LogP contribution in [0, 0.1) is 0 Å². The molecule has 0 aromatic carbocycles. The summed E-state index contributed by atoms with van der Waals surface area (Å²) in [6.45, 7) is 9.12. The van der Waals surface area contributed by atoms with E-state index in [9.17, 15) is 0 Å². The van der Waals surface area contributed by atoms with E-state index < -0.39 is 0 Å². The molecule has 1 N–H and O–H groups in total. The highest BCUT2D eigenvalue weighted by Crippen LogP contribution is 2.26. The lowest BCUT2D eigenvalue weighted by atomic mass is 10.1. The van der Waals surface area contributed by atoms with Crippen LogP contribution in [-0.2, 0) is 4.74 Å². The normalized spacial score (nSPS) is 25.8. The van der Waals surface area contributed by atoms with Crippen LogP contribution < -0.4 is 5.32 Å². The van der Waals surface area contributed by atoms with Crippen LogP contribution in [0.1, 0.15) is 52.4 Å². The van der Waals surface area contributed by atoms with Gasteiger partial charge in [-0.15, -0.1) is 0 Å². The van der Waals surface area contributed by atoms with Crippen molar-refractivity contribution in [2.45, 2.75) is 70.6 Å². The Bertz CT molecular complexity index is 225. The molecule has 1 heterocycles. The van der Waals surface area contributed by atoms with Gasteiger partial charge in [0.25, 0.3) is 0 Å². The minimum Gasteiger partial charge on any atom is -0.377 e. The number of rotatable bonds is 9. The summed E-state index contributed by atoms with van der Waals surface area (Å²) in [7, 11) is 0. The van der Waals surface area contributed by atoms with E-state index in [-0.39, 0.29) is 0 Å². The highest BCUT2D eigenvalue weighted by molar-refractivity contribution is 4.85. The topological polar surface area (TPSA) is 24.5 Å². The molecule has 2 aliphatic rings. The van der Waals surface area contributed by atoms with Crippen LogP contribution in [0.2, 0.25) is 0 Å². The highest BCUT2D eigenvalue weighted by Gasteiger charge is 2.28. The van der Waals surface area contributed by atoms with Gasteiger partial charge >= 0.3 is 0 Å². The van der Waals surface area contributed by atoms with Gasteiger partial charge in [-0.3, -0.25) is 4.90 Å². The van der Waals surface area contributed by atoms with Crippen molar-refractivity contribution in [1.82, 2.24) is 10.2 Å². The standard InChI is InChI=1S/C15H30N2O/c1-3-4-10-17(14-7-8-14)11-9-16-13(2)15-6-5-12-18-15/h13-16H,3-12H2,1-2H3. The molecule has 0 spiro atoms. The molecule has 3 nitrogen and oxygen atoms in total. The van der Waals surface area contributed by atoms with Gasteiger partial charge in [0.05, 0.1) is 6.10 Å². The Hall–Kier alpha value is -0.120. The summed E-state index contributed by atoms with van der Waals surface area (Å²) in [5.41, 5.74) is 0. The van der Waals surface area contributed by atoms with Gasteiger partial charge in [-0.25, -0.2) is 0 Å². The molecule has 1 saturated carbocycles. The molecule has 2 unspecified atom stereocenters. The van der Waals surface area contributed by atoms with Gasteiger partial charge in [-0.1, -0.05) is 13.3 Å². The van der Waals surface area contributed by atoms with Gasteiger partial charge in [0.2, 0.25) is 0 Å². The second-order valence-electron chi connectivity index (χ2n) is 5.91. The predicted octanol–water partition coefficient (Wildman–Crippen LogP) is 2.41. The van der Waals surface area contributed by atoms with E-state index in [0.717, 1.165) is 19.2 Å². The van der Waals surface area contributed by atoms with E-state index in [1.807, 2.05) is 0 Å². The van der Waals surface area contributed by atoms with E-state index in [1.165, 1.54) is 51.6 Å². The molecule has 1 aliphatic carbocycles. The van der Waals surface area contributed by atoms with E-state index in [4.69, 9.17) is 4.74 Å². The van der Waals surface area contributed by atoms with Crippen molar-refractivity contribution in [2.24, 2.45) is 0 Å². The molecule has 3 heteroatoms. The monoisotopic (exact) mass is 254 g/mol. The third kappa shape index (κ3) is 4.52. The van der Waals surface area contributed by atoms with E-state index in [0.29, 0.717) is 12.1 Å². The summed E-state index contributed by atoms with van der Waals surface area (Å²) < 4.78 is 5.72. The predicted molar refractivity (Wildman–Crippen MR) is 75.9 cm³/mol. The van der Waals surface area contributed by atoms with E-state index in [1.54, 1.807) is 0 Å². The zero-order chi connectivity index (χ0) is 12.8.